The lowest BCUT2D eigenvalue weighted by atomic mass is 10.0. The first kappa shape index (κ1) is 16.4. The second-order valence-electron chi connectivity index (χ2n) is 4.76. The smallest absolute Gasteiger partial charge is 0.0947 e. The first-order chi connectivity index (χ1) is 9.60. The summed E-state index contributed by atoms with van der Waals surface area (Å²) >= 11 is 7.80. The van der Waals surface area contributed by atoms with Gasteiger partial charge in [0.15, 0.2) is 0 Å². The number of rotatable bonds is 6. The summed E-state index contributed by atoms with van der Waals surface area (Å²) in [6.45, 7) is 5.27. The highest BCUT2D eigenvalue weighted by atomic mass is 127. The third-order valence-corrected chi connectivity index (χ3v) is 5.40. The first-order valence-electron chi connectivity index (χ1n) is 6.69. The number of aromatic nitrogens is 1. The van der Waals surface area contributed by atoms with Crippen molar-refractivity contribution in [2.75, 3.05) is 6.54 Å². The molecule has 1 N–H and O–H groups in total. The molecule has 0 saturated carbocycles. The van der Waals surface area contributed by atoms with E-state index in [9.17, 15) is 0 Å². The Morgan fingerprint density at radius 3 is 2.90 bits per heavy atom. The molecule has 1 aromatic carbocycles. The average molecular weight is 465 g/mol. The fourth-order valence-electron chi connectivity index (χ4n) is 2.06. The Labute approximate surface area is 146 Å². The zero-order valence-corrected chi connectivity index (χ0v) is 16.2. The van der Waals surface area contributed by atoms with Gasteiger partial charge in [-0.25, -0.2) is 4.98 Å². The highest BCUT2D eigenvalue weighted by Gasteiger charge is 2.16. The lowest BCUT2D eigenvalue weighted by molar-refractivity contribution is 0.526. The van der Waals surface area contributed by atoms with E-state index >= 15 is 0 Å². The van der Waals surface area contributed by atoms with E-state index in [0.717, 1.165) is 25.1 Å². The molecule has 1 unspecified atom stereocenters. The number of nitrogens with one attached hydrogen (secondary N) is 1. The van der Waals surface area contributed by atoms with Crippen molar-refractivity contribution in [2.45, 2.75) is 32.7 Å². The Morgan fingerprint density at radius 2 is 2.25 bits per heavy atom. The number of benzene rings is 1. The van der Waals surface area contributed by atoms with Gasteiger partial charge in [-0.1, -0.05) is 22.9 Å². The first-order valence-corrected chi connectivity index (χ1v) is 9.44. The number of nitrogens with zero attached hydrogens (tertiary/aromatic N) is 1. The summed E-state index contributed by atoms with van der Waals surface area (Å²) in [6.07, 6.45) is 2.08. The minimum Gasteiger partial charge on any atom is -0.310 e. The van der Waals surface area contributed by atoms with E-state index in [1.165, 1.54) is 18.6 Å². The van der Waals surface area contributed by atoms with E-state index in [-0.39, 0.29) is 0 Å². The van der Waals surface area contributed by atoms with Crippen molar-refractivity contribution in [3.63, 3.8) is 0 Å². The molecule has 1 heterocycles. The molecule has 5 heteroatoms. The SMILES string of the molecule is CCCNC(Cc1nc(C)cs1)c1cc(I)ccc1Br. The van der Waals surface area contributed by atoms with Crippen LogP contribution in [0.1, 0.15) is 35.7 Å². The second-order valence-corrected chi connectivity index (χ2v) is 7.80. The third kappa shape index (κ3) is 4.51. The van der Waals surface area contributed by atoms with Gasteiger partial charge >= 0.3 is 0 Å². The Kier molecular flexibility index (Phi) is 6.45. The Hall–Kier alpha value is 0.0200. The topological polar surface area (TPSA) is 24.9 Å². The minimum absolute atomic E-state index is 0.310. The lowest BCUT2D eigenvalue weighted by Crippen LogP contribution is -2.24. The van der Waals surface area contributed by atoms with Crippen LogP contribution in [0.25, 0.3) is 0 Å². The van der Waals surface area contributed by atoms with Crippen molar-refractivity contribution in [1.82, 2.24) is 10.3 Å². The number of hydrogen-bond donors (Lipinski definition) is 1. The molecule has 0 saturated heterocycles. The Balaban J connectivity index is 2.24. The number of thiazole rings is 1. The van der Waals surface area contributed by atoms with Gasteiger partial charge in [0.1, 0.15) is 0 Å². The van der Waals surface area contributed by atoms with Gasteiger partial charge in [-0.15, -0.1) is 11.3 Å². The van der Waals surface area contributed by atoms with Crippen LogP contribution < -0.4 is 5.32 Å². The van der Waals surface area contributed by atoms with Crippen LogP contribution in [0.15, 0.2) is 28.1 Å². The predicted molar refractivity (Wildman–Crippen MR) is 98.4 cm³/mol. The fourth-order valence-corrected chi connectivity index (χ4v) is 3.92. The van der Waals surface area contributed by atoms with Gasteiger partial charge in [0.2, 0.25) is 0 Å². The maximum absolute atomic E-state index is 4.60. The van der Waals surface area contributed by atoms with Crippen molar-refractivity contribution in [1.29, 1.82) is 0 Å². The van der Waals surface area contributed by atoms with E-state index < -0.39 is 0 Å². The highest BCUT2D eigenvalue weighted by Crippen LogP contribution is 2.28. The quantitative estimate of drug-likeness (QED) is 0.601. The molecule has 0 aliphatic rings. The van der Waals surface area contributed by atoms with Crippen LogP contribution in [-0.4, -0.2) is 11.5 Å². The zero-order chi connectivity index (χ0) is 14.5. The molecule has 2 nitrogen and oxygen atoms in total. The third-order valence-electron chi connectivity index (χ3n) is 3.02. The standard InChI is InChI=1S/C15H18BrIN2S/c1-3-6-18-14(8-15-19-10(2)9-20-15)12-7-11(17)4-5-13(12)16/h4-5,7,9,14,18H,3,6,8H2,1-2H3. The maximum atomic E-state index is 4.60. The molecule has 2 rings (SSSR count). The summed E-state index contributed by atoms with van der Waals surface area (Å²) in [7, 11) is 0. The molecule has 0 radical (unpaired) electrons. The van der Waals surface area contributed by atoms with Crippen molar-refractivity contribution in [3.8, 4) is 0 Å². The number of halogens is 2. The summed E-state index contributed by atoms with van der Waals surface area (Å²) in [5.74, 6) is 0. The van der Waals surface area contributed by atoms with Crippen LogP contribution in [0.3, 0.4) is 0 Å². The van der Waals surface area contributed by atoms with Gasteiger partial charge in [0.25, 0.3) is 0 Å². The van der Waals surface area contributed by atoms with E-state index in [4.69, 9.17) is 0 Å². The molecular weight excluding hydrogens is 447 g/mol. The van der Waals surface area contributed by atoms with E-state index in [1.54, 1.807) is 11.3 Å². The van der Waals surface area contributed by atoms with Crippen LogP contribution in [0.4, 0.5) is 0 Å². The van der Waals surface area contributed by atoms with Crippen LogP contribution in [-0.2, 0) is 6.42 Å². The molecule has 0 aliphatic carbocycles. The summed E-state index contributed by atoms with van der Waals surface area (Å²) in [5, 5.41) is 6.96. The molecule has 2 aromatic rings. The molecule has 20 heavy (non-hydrogen) atoms. The monoisotopic (exact) mass is 464 g/mol. The molecule has 0 fully saturated rings. The predicted octanol–water partition coefficient (Wildman–Crippen LogP) is 5.10. The van der Waals surface area contributed by atoms with Crippen LogP contribution >= 0.6 is 49.9 Å². The maximum Gasteiger partial charge on any atom is 0.0947 e. The van der Waals surface area contributed by atoms with E-state index in [0.29, 0.717) is 6.04 Å². The Bertz CT molecular complexity index is 571. The zero-order valence-electron chi connectivity index (χ0n) is 11.6. The van der Waals surface area contributed by atoms with Gasteiger partial charge in [-0.2, -0.15) is 0 Å². The molecule has 0 amide bonds. The highest BCUT2D eigenvalue weighted by molar-refractivity contribution is 14.1. The van der Waals surface area contributed by atoms with E-state index in [2.05, 4.69) is 86.2 Å². The van der Waals surface area contributed by atoms with Crippen molar-refractivity contribution in [2.24, 2.45) is 0 Å². The normalized spacial score (nSPS) is 12.6. The number of aryl methyl sites for hydroxylation is 1. The van der Waals surface area contributed by atoms with Crippen molar-refractivity contribution in [3.05, 3.63) is 47.9 Å². The van der Waals surface area contributed by atoms with Crippen LogP contribution in [0, 0.1) is 10.5 Å². The molecule has 0 spiro atoms. The van der Waals surface area contributed by atoms with E-state index in [1.807, 2.05) is 0 Å². The van der Waals surface area contributed by atoms with Crippen molar-refractivity contribution >= 4 is 49.9 Å². The van der Waals surface area contributed by atoms with Crippen molar-refractivity contribution < 1.29 is 0 Å². The Morgan fingerprint density at radius 1 is 1.45 bits per heavy atom. The summed E-state index contributed by atoms with van der Waals surface area (Å²) in [4.78, 5) is 4.60. The average Bonchev–Trinajstić information content (AvgIpc) is 2.83. The molecular formula is C15H18BrIN2S. The van der Waals surface area contributed by atoms with Gasteiger partial charge < -0.3 is 5.32 Å². The molecule has 1 aromatic heterocycles. The summed E-state index contributed by atoms with van der Waals surface area (Å²) in [5.41, 5.74) is 2.43. The second kappa shape index (κ2) is 7.87. The summed E-state index contributed by atoms with van der Waals surface area (Å²) < 4.78 is 2.43. The largest absolute Gasteiger partial charge is 0.310 e. The molecule has 1 atom stereocenters. The van der Waals surface area contributed by atoms with Gasteiger partial charge in [-0.3, -0.25) is 0 Å². The minimum atomic E-state index is 0.310. The molecule has 0 bridgehead atoms. The molecule has 0 aliphatic heterocycles. The number of hydrogen-bond acceptors (Lipinski definition) is 3. The van der Waals surface area contributed by atoms with Crippen LogP contribution in [0.5, 0.6) is 0 Å². The van der Waals surface area contributed by atoms with Crippen LogP contribution in [0.2, 0.25) is 0 Å². The fraction of sp³-hybridized carbons (Fsp3) is 0.400. The van der Waals surface area contributed by atoms with Gasteiger partial charge in [-0.05, 0) is 66.2 Å². The summed E-state index contributed by atoms with van der Waals surface area (Å²) in [6, 6.07) is 6.81. The van der Waals surface area contributed by atoms with Gasteiger partial charge in [0, 0.05) is 31.6 Å². The lowest BCUT2D eigenvalue weighted by Gasteiger charge is -2.19. The van der Waals surface area contributed by atoms with Gasteiger partial charge in [0.05, 0.1) is 5.01 Å². The molecule has 108 valence electrons.